The van der Waals surface area contributed by atoms with E-state index in [1.54, 1.807) is 6.92 Å². The summed E-state index contributed by atoms with van der Waals surface area (Å²) in [6, 6.07) is 5.62. The number of aliphatic hydroxyl groups excluding tert-OH is 1. The van der Waals surface area contributed by atoms with Crippen LogP contribution in [0.5, 0.6) is 11.5 Å². The molecule has 3 rings (SSSR count). The summed E-state index contributed by atoms with van der Waals surface area (Å²) in [5.74, 6) is 1.59. The molecule has 1 unspecified atom stereocenters. The molecule has 0 aliphatic carbocycles. The van der Waals surface area contributed by atoms with Crippen LogP contribution in [-0.4, -0.2) is 66.8 Å². The van der Waals surface area contributed by atoms with Gasteiger partial charge in [0.25, 0.3) is 0 Å². The van der Waals surface area contributed by atoms with Crippen molar-refractivity contribution in [3.8, 4) is 11.5 Å². The van der Waals surface area contributed by atoms with Crippen LogP contribution >= 0.6 is 0 Å². The van der Waals surface area contributed by atoms with Crippen molar-refractivity contribution >= 4 is 5.91 Å². The number of hydrogen-bond donors (Lipinski definition) is 1. The van der Waals surface area contributed by atoms with Gasteiger partial charge in [-0.25, -0.2) is 0 Å². The van der Waals surface area contributed by atoms with E-state index in [4.69, 9.17) is 9.47 Å². The number of carbonyl (C=O) groups excluding carboxylic acids is 1. The fraction of sp³-hybridized carbons (Fsp3) is 0.588. The van der Waals surface area contributed by atoms with E-state index in [9.17, 15) is 9.90 Å². The normalized spacial score (nSPS) is 19.5. The Morgan fingerprint density at radius 2 is 1.87 bits per heavy atom. The first-order valence-electron chi connectivity index (χ1n) is 8.19. The van der Waals surface area contributed by atoms with E-state index < -0.39 is 6.10 Å². The van der Waals surface area contributed by atoms with Crippen LogP contribution in [-0.2, 0) is 4.79 Å². The van der Waals surface area contributed by atoms with E-state index in [0.29, 0.717) is 25.4 Å². The summed E-state index contributed by atoms with van der Waals surface area (Å²) >= 11 is 0. The van der Waals surface area contributed by atoms with Gasteiger partial charge in [-0.15, -0.1) is 0 Å². The Kier molecular flexibility index (Phi) is 5.03. The fourth-order valence-electron chi connectivity index (χ4n) is 3.03. The average molecular weight is 320 g/mol. The first kappa shape index (κ1) is 16.1. The standard InChI is InChI=1S/C17H24N2O4/c1-13(20)19-8-6-18(7-9-19)5-4-15(21)14-2-3-16-17(12-14)23-11-10-22-16/h2-3,12,15,21H,4-11H2,1H3. The first-order valence-corrected chi connectivity index (χ1v) is 8.19. The zero-order chi connectivity index (χ0) is 16.2. The number of aliphatic hydroxyl groups is 1. The molecular formula is C17H24N2O4. The van der Waals surface area contributed by atoms with Gasteiger partial charge in [-0.2, -0.15) is 0 Å². The second kappa shape index (κ2) is 7.19. The fourth-order valence-corrected chi connectivity index (χ4v) is 3.03. The van der Waals surface area contributed by atoms with E-state index in [1.807, 2.05) is 23.1 Å². The average Bonchev–Trinajstić information content (AvgIpc) is 2.59. The zero-order valence-electron chi connectivity index (χ0n) is 13.5. The third-order valence-corrected chi connectivity index (χ3v) is 4.49. The molecule has 1 aromatic carbocycles. The molecule has 1 aromatic rings. The predicted octanol–water partition coefficient (Wildman–Crippen LogP) is 1.05. The summed E-state index contributed by atoms with van der Waals surface area (Å²) in [5.41, 5.74) is 0.858. The van der Waals surface area contributed by atoms with Crippen LogP contribution in [0.2, 0.25) is 0 Å². The maximum absolute atomic E-state index is 11.3. The third-order valence-electron chi connectivity index (χ3n) is 4.49. The summed E-state index contributed by atoms with van der Waals surface area (Å²) in [6.45, 7) is 6.84. The number of amides is 1. The molecular weight excluding hydrogens is 296 g/mol. The highest BCUT2D eigenvalue weighted by molar-refractivity contribution is 5.73. The second-order valence-corrected chi connectivity index (χ2v) is 6.06. The number of nitrogens with zero attached hydrogens (tertiary/aromatic N) is 2. The number of piperazine rings is 1. The Bertz CT molecular complexity index is 556. The van der Waals surface area contributed by atoms with Gasteiger partial charge in [-0.3, -0.25) is 9.69 Å². The van der Waals surface area contributed by atoms with Crippen LogP contribution in [0.4, 0.5) is 0 Å². The highest BCUT2D eigenvalue weighted by Gasteiger charge is 2.20. The van der Waals surface area contributed by atoms with Crippen molar-refractivity contribution in [1.82, 2.24) is 9.80 Å². The lowest BCUT2D eigenvalue weighted by Crippen LogP contribution is -2.48. The van der Waals surface area contributed by atoms with E-state index in [0.717, 1.165) is 44.0 Å². The van der Waals surface area contributed by atoms with Crippen molar-refractivity contribution in [3.63, 3.8) is 0 Å². The van der Waals surface area contributed by atoms with Crippen molar-refractivity contribution in [3.05, 3.63) is 23.8 Å². The van der Waals surface area contributed by atoms with Crippen molar-refractivity contribution in [1.29, 1.82) is 0 Å². The van der Waals surface area contributed by atoms with E-state index in [1.165, 1.54) is 0 Å². The molecule has 2 aliphatic heterocycles. The summed E-state index contributed by atoms with van der Waals surface area (Å²) in [7, 11) is 0. The Morgan fingerprint density at radius 1 is 1.17 bits per heavy atom. The van der Waals surface area contributed by atoms with Crippen LogP contribution in [0.3, 0.4) is 0 Å². The zero-order valence-corrected chi connectivity index (χ0v) is 13.5. The Hall–Kier alpha value is -1.79. The smallest absolute Gasteiger partial charge is 0.219 e. The molecule has 0 saturated carbocycles. The van der Waals surface area contributed by atoms with Crippen LogP contribution < -0.4 is 9.47 Å². The summed E-state index contributed by atoms with van der Waals surface area (Å²) in [5, 5.41) is 10.4. The number of hydrogen-bond acceptors (Lipinski definition) is 5. The van der Waals surface area contributed by atoms with Gasteiger partial charge in [0.1, 0.15) is 13.2 Å². The van der Waals surface area contributed by atoms with Crippen molar-refractivity contribution in [2.75, 3.05) is 45.9 Å². The summed E-state index contributed by atoms with van der Waals surface area (Å²) in [4.78, 5) is 15.5. The number of ether oxygens (including phenoxy) is 2. The highest BCUT2D eigenvalue weighted by Crippen LogP contribution is 2.33. The van der Waals surface area contributed by atoms with Crippen molar-refractivity contribution in [2.45, 2.75) is 19.4 Å². The molecule has 0 spiro atoms. The maximum Gasteiger partial charge on any atom is 0.219 e. The lowest BCUT2D eigenvalue weighted by atomic mass is 10.1. The molecule has 2 aliphatic rings. The molecule has 6 nitrogen and oxygen atoms in total. The van der Waals surface area contributed by atoms with Crippen LogP contribution in [0, 0.1) is 0 Å². The minimum absolute atomic E-state index is 0.140. The Balaban J connectivity index is 1.50. The maximum atomic E-state index is 11.3. The molecule has 2 heterocycles. The molecule has 0 radical (unpaired) electrons. The van der Waals surface area contributed by atoms with Crippen LogP contribution in [0.15, 0.2) is 18.2 Å². The van der Waals surface area contributed by atoms with Gasteiger partial charge < -0.3 is 19.5 Å². The molecule has 0 aromatic heterocycles. The minimum atomic E-state index is -0.517. The van der Waals surface area contributed by atoms with Crippen LogP contribution in [0.25, 0.3) is 0 Å². The topological polar surface area (TPSA) is 62.2 Å². The lowest BCUT2D eigenvalue weighted by Gasteiger charge is -2.34. The van der Waals surface area contributed by atoms with E-state index in [-0.39, 0.29) is 5.91 Å². The number of carbonyl (C=O) groups is 1. The van der Waals surface area contributed by atoms with Gasteiger partial charge in [0.15, 0.2) is 11.5 Å². The molecule has 1 amide bonds. The first-order chi connectivity index (χ1) is 11.1. The van der Waals surface area contributed by atoms with Gasteiger partial charge >= 0.3 is 0 Å². The summed E-state index contributed by atoms with van der Waals surface area (Å²) < 4.78 is 11.1. The SMILES string of the molecule is CC(=O)N1CCN(CCC(O)c2ccc3c(c2)OCCO3)CC1. The van der Waals surface area contributed by atoms with E-state index in [2.05, 4.69) is 4.90 Å². The molecule has 1 fully saturated rings. The number of benzene rings is 1. The van der Waals surface area contributed by atoms with E-state index >= 15 is 0 Å². The Labute approximate surface area is 136 Å². The molecule has 23 heavy (non-hydrogen) atoms. The third kappa shape index (κ3) is 3.95. The largest absolute Gasteiger partial charge is 0.486 e. The second-order valence-electron chi connectivity index (χ2n) is 6.06. The highest BCUT2D eigenvalue weighted by atomic mass is 16.6. The molecule has 1 N–H and O–H groups in total. The van der Waals surface area contributed by atoms with Crippen molar-refractivity contribution < 1.29 is 19.4 Å². The molecule has 126 valence electrons. The minimum Gasteiger partial charge on any atom is -0.486 e. The van der Waals surface area contributed by atoms with Gasteiger partial charge in [0.2, 0.25) is 5.91 Å². The van der Waals surface area contributed by atoms with Crippen molar-refractivity contribution in [2.24, 2.45) is 0 Å². The van der Waals surface area contributed by atoms with Gasteiger partial charge in [0, 0.05) is 39.6 Å². The lowest BCUT2D eigenvalue weighted by molar-refractivity contribution is -0.130. The molecule has 6 heteroatoms. The summed E-state index contributed by atoms with van der Waals surface area (Å²) in [6.07, 6.45) is 0.149. The van der Waals surface area contributed by atoms with Gasteiger partial charge in [-0.1, -0.05) is 6.07 Å². The molecule has 1 saturated heterocycles. The quantitative estimate of drug-likeness (QED) is 0.898. The molecule has 1 atom stereocenters. The van der Waals surface area contributed by atoms with Gasteiger partial charge in [-0.05, 0) is 24.1 Å². The van der Waals surface area contributed by atoms with Gasteiger partial charge in [0.05, 0.1) is 6.10 Å². The number of fused-ring (bicyclic) bond motifs is 1. The molecule has 0 bridgehead atoms. The van der Waals surface area contributed by atoms with Crippen LogP contribution in [0.1, 0.15) is 25.0 Å². The predicted molar refractivity (Wildman–Crippen MR) is 85.7 cm³/mol. The Morgan fingerprint density at radius 3 is 2.57 bits per heavy atom. The number of rotatable bonds is 4. The monoisotopic (exact) mass is 320 g/mol.